The van der Waals surface area contributed by atoms with Crippen LogP contribution >= 0.6 is 0 Å². The summed E-state index contributed by atoms with van der Waals surface area (Å²) >= 11 is 0. The molecule has 0 radical (unpaired) electrons. The van der Waals surface area contributed by atoms with Crippen molar-refractivity contribution in [3.05, 3.63) is 59.4 Å². The zero-order chi connectivity index (χ0) is 20.3. The van der Waals surface area contributed by atoms with Crippen molar-refractivity contribution in [2.75, 3.05) is 12.8 Å². The molecule has 4 aromatic rings. The summed E-state index contributed by atoms with van der Waals surface area (Å²) in [4.78, 5) is 9.28. The lowest BCUT2D eigenvalue weighted by atomic mass is 9.96. The Labute approximate surface area is 168 Å². The molecule has 1 saturated carbocycles. The summed E-state index contributed by atoms with van der Waals surface area (Å²) in [6.07, 6.45) is 0.993. The SMILES string of the molecule is COc1cccc2c1nc(N)n1nc(C3CC3c3ccc(C(C)(C)O)cc3)nc21. The topological polar surface area (TPSA) is 98.6 Å². The first-order valence-corrected chi connectivity index (χ1v) is 9.68. The average molecular weight is 389 g/mol. The lowest BCUT2D eigenvalue weighted by Gasteiger charge is -2.17. The van der Waals surface area contributed by atoms with Crippen LogP contribution in [0.25, 0.3) is 16.6 Å². The number of nitrogen functional groups attached to an aromatic ring is 1. The molecule has 1 aliphatic carbocycles. The molecule has 0 aliphatic heterocycles. The van der Waals surface area contributed by atoms with Crippen molar-refractivity contribution >= 4 is 22.5 Å². The summed E-state index contributed by atoms with van der Waals surface area (Å²) < 4.78 is 7.03. The second-order valence-corrected chi connectivity index (χ2v) is 8.16. The van der Waals surface area contributed by atoms with Crippen LogP contribution in [-0.2, 0) is 5.60 Å². The van der Waals surface area contributed by atoms with Gasteiger partial charge in [0.2, 0.25) is 5.95 Å². The molecule has 7 heteroatoms. The molecule has 1 fully saturated rings. The van der Waals surface area contributed by atoms with Crippen LogP contribution in [0.3, 0.4) is 0 Å². The van der Waals surface area contributed by atoms with Crippen LogP contribution in [0.4, 0.5) is 5.95 Å². The summed E-state index contributed by atoms with van der Waals surface area (Å²) in [6.45, 7) is 3.58. The van der Waals surface area contributed by atoms with Crippen LogP contribution in [0.2, 0.25) is 0 Å². The van der Waals surface area contributed by atoms with Crippen molar-refractivity contribution in [2.45, 2.75) is 37.7 Å². The lowest BCUT2D eigenvalue weighted by Crippen LogP contribution is -2.15. The summed E-state index contributed by atoms with van der Waals surface area (Å²) in [6, 6.07) is 13.9. The van der Waals surface area contributed by atoms with Gasteiger partial charge in [0.1, 0.15) is 11.3 Å². The Hall–Kier alpha value is -3.19. The van der Waals surface area contributed by atoms with E-state index in [2.05, 4.69) is 22.2 Å². The van der Waals surface area contributed by atoms with Gasteiger partial charge in [0.15, 0.2) is 11.5 Å². The van der Waals surface area contributed by atoms with E-state index >= 15 is 0 Å². The van der Waals surface area contributed by atoms with Gasteiger partial charge in [-0.05, 0) is 49.4 Å². The minimum Gasteiger partial charge on any atom is -0.494 e. The van der Waals surface area contributed by atoms with E-state index < -0.39 is 5.60 Å². The monoisotopic (exact) mass is 389 g/mol. The third kappa shape index (κ3) is 2.89. The molecular formula is C22H23N5O2. The molecule has 0 amide bonds. The first-order chi connectivity index (χ1) is 13.9. The Morgan fingerprint density at radius 2 is 1.86 bits per heavy atom. The molecule has 1 aliphatic rings. The standard InChI is InChI=1S/C22H23N5O2/c1-22(2,28)13-9-7-12(8-10-13)15-11-16(15)19-25-20-14-5-4-6-17(29-3)18(14)24-21(23)27(20)26-19/h4-10,15-16,28H,11H2,1-3H3,(H2,23,24). The van der Waals surface area contributed by atoms with Gasteiger partial charge in [0.25, 0.3) is 0 Å². The number of anilines is 1. The smallest absolute Gasteiger partial charge is 0.223 e. The summed E-state index contributed by atoms with van der Waals surface area (Å²) in [7, 11) is 1.62. The second kappa shape index (κ2) is 6.15. The van der Waals surface area contributed by atoms with E-state index in [0.717, 1.165) is 23.2 Å². The van der Waals surface area contributed by atoms with Gasteiger partial charge in [-0.15, -0.1) is 5.10 Å². The maximum absolute atomic E-state index is 10.1. The molecule has 0 spiro atoms. The molecule has 3 N–H and O–H groups in total. The number of nitrogens with two attached hydrogens (primary N) is 1. The Balaban J connectivity index is 1.51. The van der Waals surface area contributed by atoms with Gasteiger partial charge in [-0.2, -0.15) is 4.52 Å². The maximum Gasteiger partial charge on any atom is 0.223 e. The van der Waals surface area contributed by atoms with E-state index in [1.807, 2.05) is 30.3 Å². The molecule has 2 atom stereocenters. The molecule has 2 aromatic carbocycles. The molecule has 2 aromatic heterocycles. The molecule has 0 bridgehead atoms. The minimum atomic E-state index is -0.836. The van der Waals surface area contributed by atoms with E-state index in [4.69, 9.17) is 15.5 Å². The normalized spacial score (nSPS) is 19.0. The molecular weight excluding hydrogens is 366 g/mol. The Bertz CT molecular complexity index is 1220. The lowest BCUT2D eigenvalue weighted by molar-refractivity contribution is 0.0786. The fraction of sp³-hybridized carbons (Fsp3) is 0.318. The number of para-hydroxylation sites is 1. The molecule has 148 valence electrons. The highest BCUT2D eigenvalue weighted by Gasteiger charge is 2.42. The molecule has 0 saturated heterocycles. The van der Waals surface area contributed by atoms with Gasteiger partial charge in [0.05, 0.1) is 12.7 Å². The number of nitrogens with zero attached hydrogens (tertiary/aromatic N) is 4. The van der Waals surface area contributed by atoms with Gasteiger partial charge in [-0.3, -0.25) is 0 Å². The number of benzene rings is 2. The predicted molar refractivity (Wildman–Crippen MR) is 111 cm³/mol. The Kier molecular flexibility index (Phi) is 3.79. The number of aromatic nitrogens is 4. The quantitative estimate of drug-likeness (QED) is 0.555. The fourth-order valence-electron chi connectivity index (χ4n) is 3.95. The molecule has 2 unspecified atom stereocenters. The van der Waals surface area contributed by atoms with E-state index in [1.165, 1.54) is 5.56 Å². The van der Waals surface area contributed by atoms with Crippen LogP contribution < -0.4 is 10.5 Å². The van der Waals surface area contributed by atoms with Crippen LogP contribution in [0.15, 0.2) is 42.5 Å². The highest BCUT2D eigenvalue weighted by molar-refractivity contribution is 5.95. The van der Waals surface area contributed by atoms with Crippen molar-refractivity contribution in [3.8, 4) is 5.75 Å². The molecule has 5 rings (SSSR count). The Morgan fingerprint density at radius 3 is 2.55 bits per heavy atom. The molecule has 29 heavy (non-hydrogen) atoms. The van der Waals surface area contributed by atoms with Gasteiger partial charge in [-0.25, -0.2) is 9.97 Å². The van der Waals surface area contributed by atoms with E-state index in [0.29, 0.717) is 28.8 Å². The minimum absolute atomic E-state index is 0.253. The number of ether oxygens (including phenoxy) is 1. The van der Waals surface area contributed by atoms with Crippen LogP contribution in [0.1, 0.15) is 49.1 Å². The third-order valence-electron chi connectivity index (χ3n) is 5.69. The summed E-state index contributed by atoms with van der Waals surface area (Å²) in [5.41, 5.74) is 8.85. The number of aliphatic hydroxyl groups is 1. The number of hydrogen-bond acceptors (Lipinski definition) is 6. The average Bonchev–Trinajstić information content (AvgIpc) is 3.37. The zero-order valence-electron chi connectivity index (χ0n) is 16.6. The number of fused-ring (bicyclic) bond motifs is 3. The van der Waals surface area contributed by atoms with Crippen molar-refractivity contribution in [1.29, 1.82) is 0 Å². The first kappa shape index (κ1) is 17.9. The summed E-state index contributed by atoms with van der Waals surface area (Å²) in [5, 5.41) is 15.7. The number of methoxy groups -OCH3 is 1. The van der Waals surface area contributed by atoms with E-state index in [1.54, 1.807) is 25.5 Å². The third-order valence-corrected chi connectivity index (χ3v) is 5.69. The largest absolute Gasteiger partial charge is 0.494 e. The van der Waals surface area contributed by atoms with Gasteiger partial charge in [-0.1, -0.05) is 30.3 Å². The predicted octanol–water partition coefficient (Wildman–Crippen LogP) is 3.37. The number of rotatable bonds is 4. The van der Waals surface area contributed by atoms with Crippen molar-refractivity contribution < 1.29 is 9.84 Å². The van der Waals surface area contributed by atoms with Gasteiger partial charge < -0.3 is 15.6 Å². The van der Waals surface area contributed by atoms with Gasteiger partial charge in [0, 0.05) is 11.3 Å². The van der Waals surface area contributed by atoms with Crippen LogP contribution in [0, 0.1) is 0 Å². The first-order valence-electron chi connectivity index (χ1n) is 9.68. The van der Waals surface area contributed by atoms with Crippen molar-refractivity contribution in [3.63, 3.8) is 0 Å². The second-order valence-electron chi connectivity index (χ2n) is 8.16. The van der Waals surface area contributed by atoms with Crippen LogP contribution in [0.5, 0.6) is 5.75 Å². The Morgan fingerprint density at radius 1 is 1.10 bits per heavy atom. The maximum atomic E-state index is 10.1. The van der Waals surface area contributed by atoms with Crippen molar-refractivity contribution in [1.82, 2.24) is 19.6 Å². The summed E-state index contributed by atoms with van der Waals surface area (Å²) in [5.74, 6) is 2.37. The van der Waals surface area contributed by atoms with Crippen LogP contribution in [-0.4, -0.2) is 31.8 Å². The highest BCUT2D eigenvalue weighted by Crippen LogP contribution is 2.53. The molecule has 7 nitrogen and oxygen atoms in total. The van der Waals surface area contributed by atoms with E-state index in [-0.39, 0.29) is 5.92 Å². The van der Waals surface area contributed by atoms with Gasteiger partial charge >= 0.3 is 0 Å². The van der Waals surface area contributed by atoms with E-state index in [9.17, 15) is 5.11 Å². The molecule has 2 heterocycles. The zero-order valence-corrected chi connectivity index (χ0v) is 16.6. The number of hydrogen-bond donors (Lipinski definition) is 2. The fourth-order valence-corrected chi connectivity index (χ4v) is 3.95. The highest BCUT2D eigenvalue weighted by atomic mass is 16.5. The van der Waals surface area contributed by atoms with Crippen molar-refractivity contribution in [2.24, 2.45) is 0 Å².